The van der Waals surface area contributed by atoms with E-state index in [0.717, 1.165) is 27.2 Å². The van der Waals surface area contributed by atoms with E-state index in [1.165, 1.54) is 5.56 Å². The molecule has 5 heteroatoms. The van der Waals surface area contributed by atoms with Crippen molar-refractivity contribution < 1.29 is 9.53 Å². The molecule has 0 unspecified atom stereocenters. The van der Waals surface area contributed by atoms with Crippen LogP contribution in [0.25, 0.3) is 10.2 Å². The quantitative estimate of drug-likeness (QED) is 0.327. The predicted molar refractivity (Wildman–Crippen MR) is 129 cm³/mol. The zero-order valence-electron chi connectivity index (χ0n) is 18.0. The number of carbonyl (C=O) groups excluding carboxylic acids is 1. The van der Waals surface area contributed by atoms with Gasteiger partial charge >= 0.3 is 0 Å². The summed E-state index contributed by atoms with van der Waals surface area (Å²) in [7, 11) is 1.65. The molecule has 0 N–H and O–H groups in total. The second kappa shape index (κ2) is 9.31. The predicted octanol–water partition coefficient (Wildman–Crippen LogP) is 6.73. The highest BCUT2D eigenvalue weighted by molar-refractivity contribution is 7.22. The Balaban J connectivity index is 1.62. The van der Waals surface area contributed by atoms with Crippen LogP contribution in [-0.2, 0) is 11.2 Å². The van der Waals surface area contributed by atoms with Gasteiger partial charge in [-0.3, -0.25) is 9.69 Å². The molecule has 0 radical (unpaired) electrons. The third-order valence-corrected chi connectivity index (χ3v) is 6.35. The van der Waals surface area contributed by atoms with Gasteiger partial charge in [-0.05, 0) is 59.9 Å². The standard InChI is InChI=1S/C26H26N2O2S/c1-18(2)20-11-13-21(14-12-20)28(26-27-23-6-4-5-7-24(23)31-26)25(29)17-10-19-8-15-22(30-3)16-9-19/h4-9,11-16,18H,10,17H2,1-3H3. The van der Waals surface area contributed by atoms with E-state index in [1.54, 1.807) is 23.3 Å². The van der Waals surface area contributed by atoms with Crippen LogP contribution in [0.5, 0.6) is 5.75 Å². The van der Waals surface area contributed by atoms with E-state index in [0.29, 0.717) is 23.9 Å². The number of para-hydroxylation sites is 1. The van der Waals surface area contributed by atoms with Crippen molar-refractivity contribution in [3.63, 3.8) is 0 Å². The molecule has 0 bridgehead atoms. The maximum Gasteiger partial charge on any atom is 0.233 e. The largest absolute Gasteiger partial charge is 0.497 e. The number of carbonyl (C=O) groups is 1. The number of thiazole rings is 1. The van der Waals surface area contributed by atoms with E-state index >= 15 is 0 Å². The van der Waals surface area contributed by atoms with Gasteiger partial charge in [-0.2, -0.15) is 0 Å². The molecular weight excluding hydrogens is 404 g/mol. The van der Waals surface area contributed by atoms with E-state index in [1.807, 2.05) is 60.7 Å². The lowest BCUT2D eigenvalue weighted by molar-refractivity contribution is -0.117. The summed E-state index contributed by atoms with van der Waals surface area (Å²) >= 11 is 1.54. The molecule has 0 fully saturated rings. The molecule has 0 atom stereocenters. The molecule has 1 heterocycles. The fourth-order valence-electron chi connectivity index (χ4n) is 3.48. The van der Waals surface area contributed by atoms with Crippen LogP contribution in [0.15, 0.2) is 72.8 Å². The smallest absolute Gasteiger partial charge is 0.233 e. The molecule has 31 heavy (non-hydrogen) atoms. The molecule has 0 spiro atoms. The highest BCUT2D eigenvalue weighted by Crippen LogP contribution is 2.34. The Kier molecular flexibility index (Phi) is 6.33. The van der Waals surface area contributed by atoms with Crippen LogP contribution in [0.1, 0.15) is 37.3 Å². The van der Waals surface area contributed by atoms with Gasteiger partial charge in [0.15, 0.2) is 5.13 Å². The van der Waals surface area contributed by atoms with Gasteiger partial charge in [-0.15, -0.1) is 0 Å². The molecule has 0 aliphatic heterocycles. The van der Waals surface area contributed by atoms with Crippen molar-refractivity contribution in [1.82, 2.24) is 4.98 Å². The normalized spacial score (nSPS) is 11.1. The maximum atomic E-state index is 13.4. The topological polar surface area (TPSA) is 42.4 Å². The Morgan fingerprint density at radius 2 is 1.71 bits per heavy atom. The first-order valence-electron chi connectivity index (χ1n) is 10.5. The number of aryl methyl sites for hydroxylation is 1. The molecule has 4 nitrogen and oxygen atoms in total. The summed E-state index contributed by atoms with van der Waals surface area (Å²) in [6.45, 7) is 4.33. The fraction of sp³-hybridized carbons (Fsp3) is 0.231. The highest BCUT2D eigenvalue weighted by atomic mass is 32.1. The van der Waals surface area contributed by atoms with Crippen LogP contribution in [0.2, 0.25) is 0 Å². The number of hydrogen-bond donors (Lipinski definition) is 0. The number of amides is 1. The molecule has 0 aliphatic carbocycles. The lowest BCUT2D eigenvalue weighted by Crippen LogP contribution is -2.26. The van der Waals surface area contributed by atoms with Gasteiger partial charge in [0.1, 0.15) is 5.75 Å². The Morgan fingerprint density at radius 1 is 1.00 bits per heavy atom. The number of methoxy groups -OCH3 is 1. The van der Waals surface area contributed by atoms with Gasteiger partial charge in [0.25, 0.3) is 0 Å². The Hall–Kier alpha value is -3.18. The number of ether oxygens (including phenoxy) is 1. The van der Waals surface area contributed by atoms with Crippen LogP contribution in [-0.4, -0.2) is 18.0 Å². The minimum Gasteiger partial charge on any atom is -0.497 e. The lowest BCUT2D eigenvalue weighted by Gasteiger charge is -2.21. The number of nitrogens with zero attached hydrogens (tertiary/aromatic N) is 2. The average Bonchev–Trinajstić information content (AvgIpc) is 3.22. The van der Waals surface area contributed by atoms with E-state index < -0.39 is 0 Å². The van der Waals surface area contributed by atoms with Crippen molar-refractivity contribution in [2.24, 2.45) is 0 Å². The first-order chi connectivity index (χ1) is 15.0. The summed E-state index contributed by atoms with van der Waals surface area (Å²) in [4.78, 5) is 19.9. The van der Waals surface area contributed by atoms with Gasteiger partial charge in [0.05, 0.1) is 23.0 Å². The van der Waals surface area contributed by atoms with Crippen molar-refractivity contribution in [2.45, 2.75) is 32.6 Å². The molecule has 158 valence electrons. The molecule has 1 amide bonds. The van der Waals surface area contributed by atoms with E-state index in [-0.39, 0.29) is 5.91 Å². The van der Waals surface area contributed by atoms with Crippen LogP contribution in [0, 0.1) is 0 Å². The fourth-order valence-corrected chi connectivity index (χ4v) is 4.48. The minimum absolute atomic E-state index is 0.0344. The SMILES string of the molecule is COc1ccc(CCC(=O)N(c2ccc(C(C)C)cc2)c2nc3ccccc3s2)cc1. The van der Waals surface area contributed by atoms with E-state index in [4.69, 9.17) is 9.72 Å². The number of fused-ring (bicyclic) bond motifs is 1. The van der Waals surface area contributed by atoms with Crippen LogP contribution in [0.4, 0.5) is 10.8 Å². The molecule has 0 saturated carbocycles. The number of benzene rings is 3. The Morgan fingerprint density at radius 3 is 2.35 bits per heavy atom. The van der Waals surface area contributed by atoms with E-state index in [2.05, 4.69) is 26.0 Å². The summed E-state index contributed by atoms with van der Waals surface area (Å²) in [5.74, 6) is 1.29. The van der Waals surface area contributed by atoms with Crippen molar-refractivity contribution in [2.75, 3.05) is 12.0 Å². The second-order valence-electron chi connectivity index (χ2n) is 7.79. The highest BCUT2D eigenvalue weighted by Gasteiger charge is 2.22. The van der Waals surface area contributed by atoms with Crippen molar-refractivity contribution in [1.29, 1.82) is 0 Å². The van der Waals surface area contributed by atoms with Gasteiger partial charge < -0.3 is 4.74 Å². The summed E-state index contributed by atoms with van der Waals surface area (Å²) < 4.78 is 6.30. The molecule has 3 aromatic carbocycles. The zero-order chi connectivity index (χ0) is 21.8. The third kappa shape index (κ3) is 4.78. The summed E-state index contributed by atoms with van der Waals surface area (Å²) in [6.07, 6.45) is 1.06. The van der Waals surface area contributed by atoms with Crippen LogP contribution < -0.4 is 9.64 Å². The molecule has 4 aromatic rings. The van der Waals surface area contributed by atoms with Crippen molar-refractivity contribution in [3.8, 4) is 5.75 Å². The van der Waals surface area contributed by atoms with Crippen molar-refractivity contribution >= 4 is 38.3 Å². The van der Waals surface area contributed by atoms with Crippen LogP contribution in [0.3, 0.4) is 0 Å². The summed E-state index contributed by atoms with van der Waals surface area (Å²) in [5.41, 5.74) is 4.12. The van der Waals surface area contributed by atoms with Crippen LogP contribution >= 0.6 is 11.3 Å². The Bertz CT molecular complexity index is 1130. The first kappa shape index (κ1) is 21.1. The minimum atomic E-state index is 0.0344. The monoisotopic (exact) mass is 430 g/mol. The molecule has 1 aromatic heterocycles. The van der Waals surface area contributed by atoms with Gasteiger partial charge in [-0.25, -0.2) is 4.98 Å². The number of anilines is 2. The molecule has 0 saturated heterocycles. The summed E-state index contributed by atoms with van der Waals surface area (Å²) in [6, 6.07) is 24.1. The number of hydrogen-bond acceptors (Lipinski definition) is 4. The van der Waals surface area contributed by atoms with E-state index in [9.17, 15) is 4.79 Å². The average molecular weight is 431 g/mol. The Labute approximate surface area is 187 Å². The first-order valence-corrected chi connectivity index (χ1v) is 11.3. The molecule has 4 rings (SSSR count). The number of rotatable bonds is 7. The third-order valence-electron chi connectivity index (χ3n) is 5.33. The molecule has 0 aliphatic rings. The summed E-state index contributed by atoms with van der Waals surface area (Å²) in [5, 5.41) is 0.707. The zero-order valence-corrected chi connectivity index (χ0v) is 18.9. The second-order valence-corrected chi connectivity index (χ2v) is 8.80. The number of aromatic nitrogens is 1. The van der Waals surface area contributed by atoms with Gasteiger partial charge in [-0.1, -0.05) is 61.6 Å². The maximum absolute atomic E-state index is 13.4. The molecular formula is C26H26N2O2S. The van der Waals surface area contributed by atoms with Gasteiger partial charge in [0, 0.05) is 6.42 Å². The van der Waals surface area contributed by atoms with Crippen molar-refractivity contribution in [3.05, 3.63) is 83.9 Å². The lowest BCUT2D eigenvalue weighted by atomic mass is 10.0. The van der Waals surface area contributed by atoms with Gasteiger partial charge in [0.2, 0.25) is 5.91 Å².